The normalized spacial score (nSPS) is 19.1. The minimum atomic E-state index is 0.446. The number of H-pyrrole nitrogens is 1. The number of nitrogens with one attached hydrogen (secondary N) is 2. The second kappa shape index (κ2) is 5.46. The first-order valence-corrected chi connectivity index (χ1v) is 6.67. The molecular formula is C13H18N6O. The molecule has 2 aromatic rings. The van der Waals surface area contributed by atoms with Gasteiger partial charge in [0.05, 0.1) is 18.9 Å². The largest absolute Gasteiger partial charge is 0.494 e. The van der Waals surface area contributed by atoms with Gasteiger partial charge in [0.1, 0.15) is 5.75 Å². The molecule has 0 unspecified atom stereocenters. The van der Waals surface area contributed by atoms with Gasteiger partial charge in [-0.2, -0.15) is 4.98 Å². The molecule has 1 fully saturated rings. The first-order chi connectivity index (χ1) is 9.78. The number of aromatic nitrogens is 4. The van der Waals surface area contributed by atoms with Crippen LogP contribution in [0.1, 0.15) is 6.92 Å². The number of hydrogen-bond donors (Lipinski definition) is 2. The van der Waals surface area contributed by atoms with Gasteiger partial charge in [0.2, 0.25) is 5.95 Å². The number of rotatable bonds is 3. The van der Waals surface area contributed by atoms with E-state index in [1.807, 2.05) is 6.07 Å². The molecule has 0 spiro atoms. The number of piperazine rings is 1. The van der Waals surface area contributed by atoms with Crippen LogP contribution in [0.5, 0.6) is 5.75 Å². The van der Waals surface area contributed by atoms with Crippen molar-refractivity contribution in [3.8, 4) is 17.1 Å². The Kier molecular flexibility index (Phi) is 3.51. The predicted molar refractivity (Wildman–Crippen MR) is 75.8 cm³/mol. The van der Waals surface area contributed by atoms with Crippen molar-refractivity contribution in [2.75, 3.05) is 31.6 Å². The second-order valence-corrected chi connectivity index (χ2v) is 4.86. The van der Waals surface area contributed by atoms with E-state index in [0.717, 1.165) is 31.1 Å². The highest BCUT2D eigenvalue weighted by Gasteiger charge is 2.20. The summed E-state index contributed by atoms with van der Waals surface area (Å²) < 4.78 is 5.30. The van der Waals surface area contributed by atoms with Crippen LogP contribution in [0, 0.1) is 0 Å². The van der Waals surface area contributed by atoms with Crippen LogP contribution in [0.3, 0.4) is 0 Å². The number of nitrogens with zero attached hydrogens (tertiary/aromatic N) is 4. The molecule has 1 saturated heterocycles. The Morgan fingerprint density at radius 2 is 2.35 bits per heavy atom. The number of ether oxygens (including phenoxy) is 1. The minimum absolute atomic E-state index is 0.446. The van der Waals surface area contributed by atoms with Gasteiger partial charge in [-0.1, -0.05) is 0 Å². The molecule has 7 heteroatoms. The zero-order valence-corrected chi connectivity index (χ0v) is 11.6. The van der Waals surface area contributed by atoms with Gasteiger partial charge >= 0.3 is 0 Å². The molecular weight excluding hydrogens is 256 g/mol. The molecule has 2 aromatic heterocycles. The maximum absolute atomic E-state index is 5.30. The maximum Gasteiger partial charge on any atom is 0.245 e. The Morgan fingerprint density at radius 3 is 3.15 bits per heavy atom. The van der Waals surface area contributed by atoms with Crippen molar-refractivity contribution in [3.05, 3.63) is 18.5 Å². The summed E-state index contributed by atoms with van der Waals surface area (Å²) in [6, 6.07) is 2.31. The number of aromatic amines is 1. The highest BCUT2D eigenvalue weighted by Crippen LogP contribution is 2.26. The van der Waals surface area contributed by atoms with Crippen LogP contribution in [-0.2, 0) is 0 Å². The molecule has 0 saturated carbocycles. The van der Waals surface area contributed by atoms with Crippen LogP contribution in [0.15, 0.2) is 18.5 Å². The van der Waals surface area contributed by atoms with Crippen molar-refractivity contribution in [1.82, 2.24) is 25.5 Å². The summed E-state index contributed by atoms with van der Waals surface area (Å²) in [5.41, 5.74) is 0.865. The van der Waals surface area contributed by atoms with Crippen molar-refractivity contribution in [2.24, 2.45) is 0 Å². The molecule has 7 nitrogen and oxygen atoms in total. The Hall–Kier alpha value is -2.15. The van der Waals surface area contributed by atoms with E-state index in [0.29, 0.717) is 17.6 Å². The fourth-order valence-corrected chi connectivity index (χ4v) is 2.37. The Morgan fingerprint density at radius 1 is 1.45 bits per heavy atom. The smallest absolute Gasteiger partial charge is 0.245 e. The molecule has 2 N–H and O–H groups in total. The molecule has 1 aliphatic rings. The summed E-state index contributed by atoms with van der Waals surface area (Å²) in [4.78, 5) is 10.8. The van der Waals surface area contributed by atoms with Crippen LogP contribution in [0.2, 0.25) is 0 Å². The lowest BCUT2D eigenvalue weighted by Crippen LogP contribution is -2.49. The lowest BCUT2D eigenvalue weighted by atomic mass is 10.2. The van der Waals surface area contributed by atoms with E-state index in [9.17, 15) is 0 Å². The van der Waals surface area contributed by atoms with Gasteiger partial charge in [-0.05, 0) is 13.0 Å². The van der Waals surface area contributed by atoms with Gasteiger partial charge < -0.3 is 15.0 Å². The zero-order chi connectivity index (χ0) is 13.9. The standard InChI is InChI=1S/C13H18N6O/c1-9-8-19(6-5-15-9)13-16-12(17-18-13)10-3-4-14-7-11(10)20-2/h3-4,7,9,15H,5-6,8H2,1-2H3,(H,16,17,18)/t9-/m0/s1. The van der Waals surface area contributed by atoms with Gasteiger partial charge in [0, 0.05) is 31.9 Å². The number of methoxy groups -OCH3 is 1. The number of hydrogen-bond acceptors (Lipinski definition) is 6. The molecule has 1 aliphatic heterocycles. The fraction of sp³-hybridized carbons (Fsp3) is 0.462. The topological polar surface area (TPSA) is 79.0 Å². The van der Waals surface area contributed by atoms with E-state index < -0.39 is 0 Å². The van der Waals surface area contributed by atoms with Gasteiger partial charge in [-0.3, -0.25) is 10.1 Å². The molecule has 20 heavy (non-hydrogen) atoms. The molecule has 0 radical (unpaired) electrons. The molecule has 0 aliphatic carbocycles. The molecule has 3 rings (SSSR count). The number of anilines is 1. The van der Waals surface area contributed by atoms with Crippen molar-refractivity contribution in [1.29, 1.82) is 0 Å². The molecule has 0 aromatic carbocycles. The second-order valence-electron chi connectivity index (χ2n) is 4.86. The molecule has 0 amide bonds. The summed E-state index contributed by atoms with van der Waals surface area (Å²) in [5.74, 6) is 2.11. The van der Waals surface area contributed by atoms with Crippen LogP contribution in [0.25, 0.3) is 11.4 Å². The summed E-state index contributed by atoms with van der Waals surface area (Å²) in [7, 11) is 1.62. The minimum Gasteiger partial charge on any atom is -0.494 e. The van der Waals surface area contributed by atoms with Crippen molar-refractivity contribution >= 4 is 5.95 Å². The maximum atomic E-state index is 5.30. The van der Waals surface area contributed by atoms with Gasteiger partial charge in [0.25, 0.3) is 0 Å². The molecule has 106 valence electrons. The average Bonchev–Trinajstić information content (AvgIpc) is 2.97. The van der Waals surface area contributed by atoms with Gasteiger partial charge in [0.15, 0.2) is 5.82 Å². The SMILES string of the molecule is COc1cnccc1-c1nc(N2CCN[C@@H](C)C2)n[nH]1. The first-order valence-electron chi connectivity index (χ1n) is 6.67. The molecule has 1 atom stereocenters. The lowest BCUT2D eigenvalue weighted by molar-refractivity contribution is 0.414. The third kappa shape index (κ3) is 2.44. The third-order valence-corrected chi connectivity index (χ3v) is 3.38. The van der Waals surface area contributed by atoms with E-state index in [4.69, 9.17) is 4.74 Å². The monoisotopic (exact) mass is 274 g/mol. The van der Waals surface area contributed by atoms with Crippen LogP contribution >= 0.6 is 0 Å². The van der Waals surface area contributed by atoms with Gasteiger partial charge in [-0.15, -0.1) is 5.10 Å². The quantitative estimate of drug-likeness (QED) is 0.856. The van der Waals surface area contributed by atoms with Crippen LogP contribution in [-0.4, -0.2) is 53.0 Å². The summed E-state index contributed by atoms with van der Waals surface area (Å²) in [6.07, 6.45) is 3.39. The Balaban J connectivity index is 1.86. The summed E-state index contributed by atoms with van der Waals surface area (Å²) in [5, 5.41) is 10.7. The average molecular weight is 274 g/mol. The van der Waals surface area contributed by atoms with Crippen molar-refractivity contribution in [3.63, 3.8) is 0 Å². The Bertz CT molecular complexity index is 584. The van der Waals surface area contributed by atoms with Crippen molar-refractivity contribution in [2.45, 2.75) is 13.0 Å². The highest BCUT2D eigenvalue weighted by molar-refractivity contribution is 5.63. The van der Waals surface area contributed by atoms with Gasteiger partial charge in [-0.25, -0.2) is 0 Å². The predicted octanol–water partition coefficient (Wildman–Crippen LogP) is 0.673. The van der Waals surface area contributed by atoms with Crippen LogP contribution in [0.4, 0.5) is 5.95 Å². The zero-order valence-electron chi connectivity index (χ0n) is 11.6. The summed E-state index contributed by atoms with van der Waals surface area (Å²) in [6.45, 7) is 4.93. The lowest BCUT2D eigenvalue weighted by Gasteiger charge is -2.30. The van der Waals surface area contributed by atoms with E-state index in [1.54, 1.807) is 19.5 Å². The molecule has 3 heterocycles. The third-order valence-electron chi connectivity index (χ3n) is 3.38. The fourth-order valence-electron chi connectivity index (χ4n) is 2.37. The Labute approximate surface area is 117 Å². The molecule has 0 bridgehead atoms. The van der Waals surface area contributed by atoms with E-state index >= 15 is 0 Å². The highest BCUT2D eigenvalue weighted by atomic mass is 16.5. The number of pyridine rings is 1. The van der Waals surface area contributed by atoms with E-state index in [1.165, 1.54) is 0 Å². The van der Waals surface area contributed by atoms with Crippen LogP contribution < -0.4 is 15.0 Å². The van der Waals surface area contributed by atoms with Crippen molar-refractivity contribution < 1.29 is 4.74 Å². The first kappa shape index (κ1) is 12.9. The van der Waals surface area contributed by atoms with E-state index in [-0.39, 0.29) is 0 Å². The summed E-state index contributed by atoms with van der Waals surface area (Å²) >= 11 is 0. The van der Waals surface area contributed by atoms with E-state index in [2.05, 4.69) is 37.3 Å².